The van der Waals surface area contributed by atoms with Gasteiger partial charge in [0, 0.05) is 17.2 Å². The van der Waals surface area contributed by atoms with Gasteiger partial charge in [-0.15, -0.1) is 0 Å². The van der Waals surface area contributed by atoms with Crippen LogP contribution in [0.3, 0.4) is 0 Å². The Morgan fingerprint density at radius 2 is 1.81 bits per heavy atom. The third-order valence-corrected chi connectivity index (χ3v) is 8.38. The summed E-state index contributed by atoms with van der Waals surface area (Å²) in [6, 6.07) is 8.64. The van der Waals surface area contributed by atoms with Gasteiger partial charge in [0.25, 0.3) is 5.91 Å². The Kier molecular flexibility index (Phi) is 7.36. The zero-order valence-electron chi connectivity index (χ0n) is 23.5. The van der Waals surface area contributed by atoms with Crippen molar-refractivity contribution in [2.45, 2.75) is 24.5 Å². The summed E-state index contributed by atoms with van der Waals surface area (Å²) in [6.45, 7) is 3.54. The van der Waals surface area contributed by atoms with Crippen LogP contribution in [0, 0.1) is 11.8 Å². The molecule has 3 aliphatic rings. The number of amides is 2. The van der Waals surface area contributed by atoms with Gasteiger partial charge in [-0.3, -0.25) is 24.6 Å². The number of fused-ring (bicyclic) bond motifs is 3. The summed E-state index contributed by atoms with van der Waals surface area (Å²) in [7, 11) is 3.14. The van der Waals surface area contributed by atoms with E-state index in [1.165, 1.54) is 17.0 Å². The number of ketones is 2. The standard InChI is InChI=1S/C31H31N3O9/c1-4-11-43-30(41)33-16-7-5-14(6-8-16)17-9-10-20(35)22-18(17)12-15-13-19-24(34(2)3)26(37)23(29(32)40)28(39)31(19,42)27(38)21(15)25(22)36/h4-10,15,19,24,35,37-38,42H,1,11-13H2,2-3H3,(H2,32,40)(H,33,41)/t15-,19-,24-,31-/m1/s1. The highest BCUT2D eigenvalue weighted by atomic mass is 16.5. The number of ether oxygens (including phenoxy) is 1. The number of phenolic OH excluding ortho intramolecular Hbond substituents is 1. The Balaban J connectivity index is 1.58. The van der Waals surface area contributed by atoms with Crippen LogP contribution in [0.1, 0.15) is 22.3 Å². The van der Waals surface area contributed by atoms with E-state index in [4.69, 9.17) is 10.5 Å². The first-order valence-corrected chi connectivity index (χ1v) is 13.5. The summed E-state index contributed by atoms with van der Waals surface area (Å²) in [4.78, 5) is 52.8. The molecule has 0 heterocycles. The molecule has 0 radical (unpaired) electrons. The highest BCUT2D eigenvalue weighted by Crippen LogP contribution is 2.53. The van der Waals surface area contributed by atoms with Crippen molar-refractivity contribution >= 4 is 29.3 Å². The fraction of sp³-hybridized carbons (Fsp3) is 0.290. The minimum absolute atomic E-state index is 0.0173. The summed E-state index contributed by atoms with van der Waals surface area (Å²) >= 11 is 0. The van der Waals surface area contributed by atoms with E-state index in [0.717, 1.165) is 0 Å². The summed E-state index contributed by atoms with van der Waals surface area (Å²) < 4.78 is 4.92. The fourth-order valence-electron chi connectivity index (χ4n) is 6.54. The number of nitrogens with two attached hydrogens (primary N) is 1. The second-order valence-corrected chi connectivity index (χ2v) is 11.0. The van der Waals surface area contributed by atoms with E-state index < -0.39 is 64.1 Å². The molecule has 0 saturated carbocycles. The average molecular weight is 590 g/mol. The number of benzene rings is 2. The van der Waals surface area contributed by atoms with Gasteiger partial charge in [0.05, 0.1) is 11.6 Å². The van der Waals surface area contributed by atoms with Crippen LogP contribution in [0.5, 0.6) is 5.75 Å². The Hall–Kier alpha value is -4.94. The number of anilines is 1. The molecule has 224 valence electrons. The lowest BCUT2D eigenvalue weighted by atomic mass is 9.58. The van der Waals surface area contributed by atoms with Crippen LogP contribution in [-0.4, -0.2) is 81.2 Å². The van der Waals surface area contributed by atoms with Crippen LogP contribution in [0.2, 0.25) is 0 Å². The molecule has 4 atom stereocenters. The van der Waals surface area contributed by atoms with Gasteiger partial charge in [-0.2, -0.15) is 0 Å². The van der Waals surface area contributed by atoms with Crippen molar-refractivity contribution in [1.82, 2.24) is 4.90 Å². The zero-order valence-corrected chi connectivity index (χ0v) is 23.5. The van der Waals surface area contributed by atoms with Gasteiger partial charge in [-0.1, -0.05) is 30.9 Å². The van der Waals surface area contributed by atoms with Gasteiger partial charge in [0.15, 0.2) is 11.4 Å². The minimum Gasteiger partial charge on any atom is -0.510 e. The molecule has 7 N–H and O–H groups in total. The quantitative estimate of drug-likeness (QED) is 0.215. The van der Waals surface area contributed by atoms with Gasteiger partial charge < -0.3 is 30.9 Å². The Morgan fingerprint density at radius 1 is 1.14 bits per heavy atom. The molecule has 2 aromatic carbocycles. The van der Waals surface area contributed by atoms with Crippen molar-refractivity contribution in [3.63, 3.8) is 0 Å². The summed E-state index contributed by atoms with van der Waals surface area (Å²) in [5.74, 6) is -7.06. The number of Topliss-reactive ketones (excluding diaryl/α,β-unsaturated/α-hetero) is 2. The number of carbonyl (C=O) groups excluding carboxylic acids is 4. The first-order valence-electron chi connectivity index (χ1n) is 13.5. The van der Waals surface area contributed by atoms with Crippen molar-refractivity contribution in [2.75, 3.05) is 26.0 Å². The second kappa shape index (κ2) is 10.7. The number of hydrogen-bond donors (Lipinski definition) is 6. The van der Waals surface area contributed by atoms with Crippen molar-refractivity contribution < 1.29 is 44.3 Å². The Bertz CT molecular complexity index is 1640. The monoisotopic (exact) mass is 589 g/mol. The Labute approximate surface area is 246 Å². The van der Waals surface area contributed by atoms with Gasteiger partial charge in [0.2, 0.25) is 5.78 Å². The van der Waals surface area contributed by atoms with Crippen LogP contribution in [-0.2, 0) is 20.7 Å². The van der Waals surface area contributed by atoms with E-state index in [9.17, 15) is 39.6 Å². The Morgan fingerprint density at radius 3 is 2.42 bits per heavy atom. The van der Waals surface area contributed by atoms with Gasteiger partial charge in [-0.05, 0) is 67.7 Å². The lowest BCUT2D eigenvalue weighted by Gasteiger charge is -2.50. The maximum atomic E-state index is 13.9. The molecule has 12 nitrogen and oxygen atoms in total. The molecule has 43 heavy (non-hydrogen) atoms. The summed E-state index contributed by atoms with van der Waals surface area (Å²) in [5.41, 5.74) is 3.73. The molecular weight excluding hydrogens is 558 g/mol. The number of nitrogens with zero attached hydrogens (tertiary/aromatic N) is 1. The predicted octanol–water partition coefficient (Wildman–Crippen LogP) is 2.52. The number of carbonyl (C=O) groups is 4. The topological polar surface area (TPSA) is 200 Å². The first kappa shape index (κ1) is 29.5. The van der Waals surface area contributed by atoms with Crippen molar-refractivity contribution in [3.05, 3.63) is 82.8 Å². The third kappa shape index (κ3) is 4.55. The number of likely N-dealkylation sites (N-methyl/N-ethyl adjacent to an activating group) is 1. The summed E-state index contributed by atoms with van der Waals surface area (Å²) in [6.07, 6.45) is 0.913. The molecular formula is C31H31N3O9. The van der Waals surface area contributed by atoms with E-state index >= 15 is 0 Å². The number of aliphatic hydroxyl groups excluding tert-OH is 2. The van der Waals surface area contributed by atoms with E-state index in [0.29, 0.717) is 22.4 Å². The third-order valence-electron chi connectivity index (χ3n) is 8.38. The van der Waals surface area contributed by atoms with Crippen molar-refractivity contribution in [3.8, 4) is 16.9 Å². The predicted molar refractivity (Wildman–Crippen MR) is 154 cm³/mol. The number of aromatic hydroxyl groups is 1. The van der Waals surface area contributed by atoms with E-state index in [2.05, 4.69) is 11.9 Å². The highest BCUT2D eigenvalue weighted by molar-refractivity contribution is 6.25. The van der Waals surface area contributed by atoms with Crippen LogP contribution in [0.15, 0.2) is 71.7 Å². The van der Waals surface area contributed by atoms with Gasteiger partial charge >= 0.3 is 6.09 Å². The molecule has 12 heteroatoms. The number of primary amides is 1. The lowest BCUT2D eigenvalue weighted by Crippen LogP contribution is -2.63. The summed E-state index contributed by atoms with van der Waals surface area (Å²) in [5, 5.41) is 47.4. The molecule has 3 aliphatic carbocycles. The smallest absolute Gasteiger partial charge is 0.411 e. The molecule has 5 rings (SSSR count). The molecule has 0 aliphatic heterocycles. The van der Waals surface area contributed by atoms with E-state index in [1.54, 1.807) is 44.4 Å². The fourth-order valence-corrected chi connectivity index (χ4v) is 6.54. The van der Waals surface area contributed by atoms with Crippen LogP contribution < -0.4 is 11.1 Å². The molecule has 0 fully saturated rings. The average Bonchev–Trinajstić information content (AvgIpc) is 2.94. The van der Waals surface area contributed by atoms with Gasteiger partial charge in [0.1, 0.15) is 29.4 Å². The molecule has 2 aromatic rings. The number of nitrogens with one attached hydrogen (secondary N) is 1. The second-order valence-electron chi connectivity index (χ2n) is 11.0. The number of aliphatic hydroxyl groups is 3. The van der Waals surface area contributed by atoms with Crippen molar-refractivity contribution in [1.29, 1.82) is 0 Å². The van der Waals surface area contributed by atoms with Crippen LogP contribution in [0.25, 0.3) is 11.1 Å². The van der Waals surface area contributed by atoms with E-state index in [-0.39, 0.29) is 36.3 Å². The number of rotatable bonds is 6. The molecule has 0 bridgehead atoms. The molecule has 0 spiro atoms. The molecule has 0 unspecified atom stereocenters. The minimum atomic E-state index is -2.70. The maximum absolute atomic E-state index is 13.9. The first-order chi connectivity index (χ1) is 20.3. The van der Waals surface area contributed by atoms with Crippen molar-refractivity contribution in [2.24, 2.45) is 17.6 Å². The molecule has 0 aromatic heterocycles. The largest absolute Gasteiger partial charge is 0.510 e. The van der Waals surface area contributed by atoms with E-state index in [1.807, 2.05) is 0 Å². The SMILES string of the molecule is C=CCOC(=O)Nc1ccc(-c2ccc(O)c3c2C[C@@H]2C[C@@H]4[C@@H](N(C)C)C(O)=C(C(N)=O)C(=O)[C@]4(O)C(O)=C2C3=O)cc1. The van der Waals surface area contributed by atoms with Crippen LogP contribution >= 0.6 is 0 Å². The van der Waals surface area contributed by atoms with Gasteiger partial charge in [-0.25, -0.2) is 4.79 Å². The number of phenols is 1. The maximum Gasteiger partial charge on any atom is 0.411 e. The normalized spacial score (nSPS) is 24.7. The molecule has 2 amide bonds. The lowest BCUT2D eigenvalue weighted by molar-refractivity contribution is -0.148. The van der Waals surface area contributed by atoms with Crippen LogP contribution in [0.4, 0.5) is 10.5 Å². The molecule has 0 saturated heterocycles. The number of allylic oxidation sites excluding steroid dienone is 1. The number of hydrogen-bond acceptors (Lipinski definition) is 10. The highest BCUT2D eigenvalue weighted by Gasteiger charge is 2.63. The zero-order chi connectivity index (χ0) is 31.4.